The van der Waals surface area contributed by atoms with Gasteiger partial charge in [0.25, 0.3) is 0 Å². The Morgan fingerprint density at radius 2 is 1.76 bits per heavy atom. The number of pyridine rings is 1. The molecule has 14 heteroatoms. The molecule has 4 aliphatic rings. The van der Waals surface area contributed by atoms with E-state index in [1.165, 1.54) is 34.8 Å². The summed E-state index contributed by atoms with van der Waals surface area (Å²) in [5, 5.41) is 45.7. The molecule has 0 radical (unpaired) electrons. The van der Waals surface area contributed by atoms with Crippen LogP contribution in [0.3, 0.4) is 0 Å². The minimum Gasteiger partial charge on any atom is -0.871 e. The molecule has 4 unspecified atom stereocenters. The number of rotatable bonds is 12. The first kappa shape index (κ1) is 34.5. The molecule has 3 aliphatic heterocycles. The maximum atomic E-state index is 13.6. The number of fused-ring (bicyclic) bond motifs is 6. The van der Waals surface area contributed by atoms with Gasteiger partial charge in [0.05, 0.1) is 36.0 Å². The van der Waals surface area contributed by atoms with Crippen molar-refractivity contribution >= 4 is 45.5 Å². The molecule has 7 atom stereocenters. The van der Waals surface area contributed by atoms with Crippen LogP contribution in [0.4, 0.5) is 0 Å². The van der Waals surface area contributed by atoms with E-state index in [-0.39, 0.29) is 71.6 Å². The summed E-state index contributed by atoms with van der Waals surface area (Å²) in [4.78, 5) is 42.3. The quantitative estimate of drug-likeness (QED) is 0.0831. The van der Waals surface area contributed by atoms with Crippen molar-refractivity contribution in [1.82, 2.24) is 15.6 Å². The molecule has 5 N–H and O–H groups in total. The third kappa shape index (κ3) is 6.20. The third-order valence-electron chi connectivity index (χ3n) is 11.7. The number of piperidine rings is 1. The van der Waals surface area contributed by atoms with Gasteiger partial charge >= 0.3 is 5.97 Å². The Balaban J connectivity index is 0.825. The standard InChI is InChI=1S/C37H42N4O8S2/c1-41(25-17-22(18-26(41)34-33(25)49-34)48-36(46)37(47,29-4-2-14-50-29)30-5-3-15-51-30)13-12-38-35(45)20-6-7-21(16-20)39-19-28(43)23-8-10-27(42)32-24(23)9-11-31(44)40-32/h2-5,8-11,14-15,20-22,25-26,28,33-34,39,43,47H,6-7,12-13,16-19H2,1H3,(H2-,38,40,42,44,45)/t20-,21+,22?,25?,26?,28-,33?,34?,41?/m0/s1. The number of aliphatic hydroxyl groups excluding tert-OH is 1. The minimum atomic E-state index is -1.84. The second kappa shape index (κ2) is 13.4. The van der Waals surface area contributed by atoms with Crippen molar-refractivity contribution in [3.8, 4) is 5.75 Å². The summed E-state index contributed by atoms with van der Waals surface area (Å²) in [7, 11) is 2.22. The Morgan fingerprint density at radius 3 is 2.43 bits per heavy atom. The zero-order valence-corrected chi connectivity index (χ0v) is 29.8. The van der Waals surface area contributed by atoms with Crippen molar-refractivity contribution in [2.45, 2.75) is 80.2 Å². The highest BCUT2D eigenvalue weighted by molar-refractivity contribution is 7.12. The maximum absolute atomic E-state index is 13.6. The molecule has 1 aliphatic carbocycles. The highest BCUT2D eigenvalue weighted by Gasteiger charge is 2.72. The number of nitrogens with one attached hydrogen (secondary N) is 3. The van der Waals surface area contributed by atoms with Crippen LogP contribution in [0.25, 0.3) is 10.9 Å². The van der Waals surface area contributed by atoms with Gasteiger partial charge in [0, 0.05) is 48.3 Å². The zero-order chi connectivity index (χ0) is 35.5. The van der Waals surface area contributed by atoms with Crippen molar-refractivity contribution in [2.75, 3.05) is 26.7 Å². The lowest BCUT2D eigenvalue weighted by atomic mass is 9.94. The molecule has 1 amide bonds. The first-order valence-electron chi connectivity index (χ1n) is 17.6. The Kier molecular flexibility index (Phi) is 9.06. The first-order valence-corrected chi connectivity index (χ1v) is 19.4. The predicted octanol–water partition coefficient (Wildman–Crippen LogP) is 2.24. The number of hydrogen-bond acceptors (Lipinski definition) is 11. The van der Waals surface area contributed by atoms with Gasteiger partial charge in [0.1, 0.15) is 30.4 Å². The summed E-state index contributed by atoms with van der Waals surface area (Å²) < 4.78 is 12.9. The Hall–Kier alpha value is -3.63. The van der Waals surface area contributed by atoms with E-state index in [1.807, 2.05) is 22.9 Å². The number of esters is 1. The smallest absolute Gasteiger partial charge is 0.349 e. The molecule has 270 valence electrons. The lowest BCUT2D eigenvalue weighted by Crippen LogP contribution is -2.64. The van der Waals surface area contributed by atoms with Gasteiger partial charge in [0.2, 0.25) is 17.1 Å². The fourth-order valence-corrected chi connectivity index (χ4v) is 10.6. The number of thiophene rings is 2. The number of quaternary nitrogens is 1. The van der Waals surface area contributed by atoms with Crippen molar-refractivity contribution in [1.29, 1.82) is 0 Å². The fourth-order valence-electron chi connectivity index (χ4n) is 8.91. The molecule has 3 aromatic heterocycles. The van der Waals surface area contributed by atoms with Crippen LogP contribution in [0, 0.1) is 5.92 Å². The molecule has 12 nitrogen and oxygen atoms in total. The van der Waals surface area contributed by atoms with Gasteiger partial charge in [-0.3, -0.25) is 9.59 Å². The second-order valence-corrected chi connectivity index (χ2v) is 16.5. The number of likely N-dealkylation sites (N-methyl/N-ethyl adjacent to an activating group) is 1. The van der Waals surface area contributed by atoms with Crippen LogP contribution in [0.15, 0.2) is 64.1 Å². The van der Waals surface area contributed by atoms with Gasteiger partial charge in [0.15, 0.2) is 0 Å². The average Bonchev–Trinajstić information content (AvgIpc) is 3.59. The van der Waals surface area contributed by atoms with Crippen LogP contribution >= 0.6 is 22.7 Å². The fraction of sp³-hybridized carbons (Fsp3) is 0.486. The van der Waals surface area contributed by atoms with Crippen molar-refractivity contribution < 1.29 is 38.9 Å². The van der Waals surface area contributed by atoms with Crippen molar-refractivity contribution in [3.05, 3.63) is 85.0 Å². The van der Waals surface area contributed by atoms with Gasteiger partial charge in [-0.15, -0.1) is 22.7 Å². The molecular formula is C37H42N4O8S2. The van der Waals surface area contributed by atoms with Gasteiger partial charge < -0.3 is 44.9 Å². The largest absolute Gasteiger partial charge is 0.871 e. The normalized spacial score (nSPS) is 30.2. The summed E-state index contributed by atoms with van der Waals surface area (Å²) in [5.74, 6) is -1.03. The number of amides is 1. The second-order valence-electron chi connectivity index (χ2n) is 14.6. The molecule has 2 bridgehead atoms. The van der Waals surface area contributed by atoms with Crippen LogP contribution in [0.5, 0.6) is 5.75 Å². The van der Waals surface area contributed by atoms with E-state index in [0.29, 0.717) is 46.5 Å². The number of aliphatic hydroxyl groups is 2. The number of morpholine rings is 1. The van der Waals surface area contributed by atoms with E-state index in [1.54, 1.807) is 24.3 Å². The zero-order valence-electron chi connectivity index (χ0n) is 28.2. The van der Waals surface area contributed by atoms with E-state index in [2.05, 4.69) is 22.7 Å². The minimum absolute atomic E-state index is 0.0337. The number of carbonyl (C=O) groups excluding carboxylic acids is 2. The van der Waals surface area contributed by atoms with E-state index in [0.717, 1.165) is 23.9 Å². The molecule has 8 rings (SSSR count). The Bertz CT molecular complexity index is 1910. The number of benzene rings is 1. The molecular weight excluding hydrogens is 693 g/mol. The molecule has 4 aromatic rings. The summed E-state index contributed by atoms with van der Waals surface area (Å²) >= 11 is 2.66. The third-order valence-corrected chi connectivity index (χ3v) is 13.7. The maximum Gasteiger partial charge on any atom is 0.349 e. The van der Waals surface area contributed by atoms with Crippen molar-refractivity contribution in [3.63, 3.8) is 0 Å². The highest BCUT2D eigenvalue weighted by atomic mass is 32.1. The number of aromatic nitrogens is 1. The van der Waals surface area contributed by atoms with Crippen LogP contribution in [0.2, 0.25) is 0 Å². The lowest BCUT2D eigenvalue weighted by molar-refractivity contribution is -0.955. The Morgan fingerprint density at radius 1 is 1.06 bits per heavy atom. The van der Waals surface area contributed by atoms with E-state index in [9.17, 15) is 29.7 Å². The predicted molar refractivity (Wildman–Crippen MR) is 189 cm³/mol. The molecule has 1 aromatic carbocycles. The number of epoxide rings is 1. The molecule has 51 heavy (non-hydrogen) atoms. The number of hydrogen-bond donors (Lipinski definition) is 5. The van der Waals surface area contributed by atoms with E-state index < -0.39 is 17.7 Å². The molecule has 4 fully saturated rings. The summed E-state index contributed by atoms with van der Waals surface area (Å²) in [6, 6.07) is 13.4. The van der Waals surface area contributed by atoms with Gasteiger partial charge in [-0.25, -0.2) is 4.79 Å². The Labute approximate surface area is 302 Å². The molecule has 0 spiro atoms. The van der Waals surface area contributed by atoms with E-state index in [4.69, 9.17) is 9.47 Å². The van der Waals surface area contributed by atoms with Crippen LogP contribution in [0.1, 0.15) is 53.5 Å². The summed E-state index contributed by atoms with van der Waals surface area (Å²) in [5.41, 5.74) is -1.46. The lowest BCUT2D eigenvalue weighted by Gasteiger charge is -2.48. The number of aromatic amines is 1. The molecule has 6 heterocycles. The number of ether oxygens (including phenoxy) is 2. The molecule has 3 saturated heterocycles. The van der Waals surface area contributed by atoms with Gasteiger partial charge in [-0.2, -0.15) is 0 Å². The molecule has 1 saturated carbocycles. The number of H-pyrrole nitrogens is 1. The van der Waals surface area contributed by atoms with E-state index >= 15 is 0 Å². The highest BCUT2D eigenvalue weighted by Crippen LogP contribution is 2.53. The van der Waals surface area contributed by atoms with Crippen LogP contribution in [-0.4, -0.2) is 94.7 Å². The monoisotopic (exact) mass is 734 g/mol. The average molecular weight is 735 g/mol. The number of carbonyl (C=O) groups is 2. The van der Waals surface area contributed by atoms with Crippen molar-refractivity contribution in [2.24, 2.45) is 5.92 Å². The number of nitrogens with zero attached hydrogens (tertiary/aromatic N) is 1. The topological polar surface area (TPSA) is 176 Å². The van der Waals surface area contributed by atoms with Crippen LogP contribution in [-0.2, 0) is 24.7 Å². The SMILES string of the molecule is C[N+]1(CCNC(=O)[C@H]2CC[C@@H](NC[C@H](O)c3ccc([O-])c4[nH]c(=O)ccc34)C2)C2CC(OC(=O)C(O)(c3cccs3)c3cccs3)CC1C1OC12. The first-order chi connectivity index (χ1) is 24.6. The van der Waals surface area contributed by atoms with Gasteiger partial charge in [-0.1, -0.05) is 30.0 Å². The van der Waals surface area contributed by atoms with Gasteiger partial charge in [-0.05, 0) is 53.8 Å². The van der Waals surface area contributed by atoms with Crippen LogP contribution < -0.4 is 21.3 Å². The summed E-state index contributed by atoms with van der Waals surface area (Å²) in [6.07, 6.45) is 2.51. The summed E-state index contributed by atoms with van der Waals surface area (Å²) in [6.45, 7) is 1.53.